The minimum atomic E-state index is 0.382. The SMILES string of the molecule is CN(C)C1CCN(C)C(C)(C)C1. The Morgan fingerprint density at radius 3 is 2.33 bits per heavy atom. The molecule has 0 saturated carbocycles. The van der Waals surface area contributed by atoms with Crippen molar-refractivity contribution in [2.45, 2.75) is 38.3 Å². The van der Waals surface area contributed by atoms with E-state index in [4.69, 9.17) is 0 Å². The number of rotatable bonds is 1. The molecule has 0 aromatic carbocycles. The molecule has 1 aliphatic heterocycles. The molecule has 0 aliphatic carbocycles. The second-order valence-corrected chi connectivity index (χ2v) is 4.84. The van der Waals surface area contributed by atoms with Gasteiger partial charge in [-0.1, -0.05) is 0 Å². The summed E-state index contributed by atoms with van der Waals surface area (Å²) in [5.41, 5.74) is 0.382. The molecule has 1 fully saturated rings. The molecular weight excluding hydrogens is 148 g/mol. The van der Waals surface area contributed by atoms with Crippen molar-refractivity contribution < 1.29 is 0 Å². The minimum Gasteiger partial charge on any atom is -0.306 e. The topological polar surface area (TPSA) is 6.48 Å². The standard InChI is InChI=1S/C10H22N2/c1-10(2)8-9(11(3)4)6-7-12(10)5/h9H,6-8H2,1-5H3. The van der Waals surface area contributed by atoms with Crippen LogP contribution < -0.4 is 0 Å². The van der Waals surface area contributed by atoms with Crippen LogP contribution in [0.15, 0.2) is 0 Å². The molecule has 72 valence electrons. The highest BCUT2D eigenvalue weighted by molar-refractivity contribution is 4.90. The third-order valence-corrected chi connectivity index (χ3v) is 3.30. The molecule has 0 aromatic heterocycles. The lowest BCUT2D eigenvalue weighted by Gasteiger charge is -2.45. The van der Waals surface area contributed by atoms with E-state index in [1.807, 2.05) is 0 Å². The van der Waals surface area contributed by atoms with E-state index in [-0.39, 0.29) is 0 Å². The van der Waals surface area contributed by atoms with Gasteiger partial charge in [-0.05, 0) is 54.4 Å². The van der Waals surface area contributed by atoms with Gasteiger partial charge in [0, 0.05) is 11.6 Å². The van der Waals surface area contributed by atoms with Gasteiger partial charge in [-0.3, -0.25) is 0 Å². The molecule has 1 rings (SSSR count). The molecule has 0 bridgehead atoms. The monoisotopic (exact) mass is 170 g/mol. The van der Waals surface area contributed by atoms with Crippen molar-refractivity contribution in [3.63, 3.8) is 0 Å². The summed E-state index contributed by atoms with van der Waals surface area (Å²) in [6, 6.07) is 0.774. The molecule has 1 heterocycles. The summed E-state index contributed by atoms with van der Waals surface area (Å²) >= 11 is 0. The number of piperidine rings is 1. The Morgan fingerprint density at radius 2 is 1.92 bits per heavy atom. The number of likely N-dealkylation sites (tertiary alicyclic amines) is 1. The van der Waals surface area contributed by atoms with Gasteiger partial charge >= 0.3 is 0 Å². The Balaban J connectivity index is 2.57. The molecule has 1 atom stereocenters. The van der Waals surface area contributed by atoms with E-state index in [9.17, 15) is 0 Å². The molecule has 0 spiro atoms. The van der Waals surface area contributed by atoms with Crippen LogP contribution in [0.3, 0.4) is 0 Å². The zero-order valence-electron chi connectivity index (χ0n) is 9.09. The fourth-order valence-corrected chi connectivity index (χ4v) is 1.92. The maximum atomic E-state index is 2.47. The highest BCUT2D eigenvalue weighted by Crippen LogP contribution is 2.27. The van der Waals surface area contributed by atoms with Gasteiger partial charge in [0.2, 0.25) is 0 Å². The minimum absolute atomic E-state index is 0.382. The largest absolute Gasteiger partial charge is 0.306 e. The predicted molar refractivity (Wildman–Crippen MR) is 53.4 cm³/mol. The zero-order chi connectivity index (χ0) is 9.35. The van der Waals surface area contributed by atoms with Gasteiger partial charge in [-0.25, -0.2) is 0 Å². The van der Waals surface area contributed by atoms with Gasteiger partial charge in [-0.2, -0.15) is 0 Å². The summed E-state index contributed by atoms with van der Waals surface area (Å²) in [4.78, 5) is 4.82. The van der Waals surface area contributed by atoms with Crippen molar-refractivity contribution in [3.8, 4) is 0 Å². The van der Waals surface area contributed by atoms with Gasteiger partial charge in [0.05, 0.1) is 0 Å². The first-order chi connectivity index (χ1) is 5.43. The highest BCUT2D eigenvalue weighted by Gasteiger charge is 2.32. The molecule has 1 saturated heterocycles. The van der Waals surface area contributed by atoms with Crippen LogP contribution in [0.1, 0.15) is 26.7 Å². The smallest absolute Gasteiger partial charge is 0.0165 e. The van der Waals surface area contributed by atoms with Crippen LogP contribution in [-0.2, 0) is 0 Å². The molecule has 0 radical (unpaired) electrons. The van der Waals surface area contributed by atoms with Crippen LogP contribution in [-0.4, -0.2) is 49.1 Å². The van der Waals surface area contributed by atoms with Crippen molar-refractivity contribution in [2.24, 2.45) is 0 Å². The van der Waals surface area contributed by atoms with Crippen molar-refractivity contribution in [1.82, 2.24) is 9.80 Å². The molecular formula is C10H22N2. The molecule has 1 unspecified atom stereocenters. The maximum Gasteiger partial charge on any atom is 0.0165 e. The second kappa shape index (κ2) is 3.35. The summed E-state index contributed by atoms with van der Waals surface area (Å²) in [6.07, 6.45) is 2.60. The van der Waals surface area contributed by atoms with E-state index in [0.717, 1.165) is 6.04 Å². The van der Waals surface area contributed by atoms with Gasteiger partial charge in [0.1, 0.15) is 0 Å². The van der Waals surface area contributed by atoms with Crippen LogP contribution in [0.5, 0.6) is 0 Å². The van der Waals surface area contributed by atoms with Crippen molar-refractivity contribution in [2.75, 3.05) is 27.7 Å². The van der Waals surface area contributed by atoms with E-state index in [2.05, 4.69) is 44.8 Å². The van der Waals surface area contributed by atoms with Crippen molar-refractivity contribution >= 4 is 0 Å². The van der Waals surface area contributed by atoms with E-state index in [0.29, 0.717) is 5.54 Å². The van der Waals surface area contributed by atoms with E-state index in [1.165, 1.54) is 19.4 Å². The number of hydrogen-bond donors (Lipinski definition) is 0. The first-order valence-electron chi connectivity index (χ1n) is 4.81. The molecule has 12 heavy (non-hydrogen) atoms. The van der Waals surface area contributed by atoms with Gasteiger partial charge in [-0.15, -0.1) is 0 Å². The van der Waals surface area contributed by atoms with Gasteiger partial charge in [0.25, 0.3) is 0 Å². The van der Waals surface area contributed by atoms with Crippen LogP contribution in [0.25, 0.3) is 0 Å². The summed E-state index contributed by atoms with van der Waals surface area (Å²) in [5.74, 6) is 0. The van der Waals surface area contributed by atoms with Gasteiger partial charge in [0.15, 0.2) is 0 Å². The molecule has 0 N–H and O–H groups in total. The molecule has 0 amide bonds. The third kappa shape index (κ3) is 1.99. The lowest BCUT2D eigenvalue weighted by Crippen LogP contribution is -2.52. The number of nitrogens with zero attached hydrogens (tertiary/aromatic N) is 2. The lowest BCUT2D eigenvalue weighted by atomic mass is 9.87. The Bertz CT molecular complexity index is 152. The Hall–Kier alpha value is -0.0800. The Morgan fingerprint density at radius 1 is 1.33 bits per heavy atom. The Kier molecular flexibility index (Phi) is 2.79. The molecule has 0 aromatic rings. The predicted octanol–water partition coefficient (Wildman–Crippen LogP) is 1.42. The fraction of sp³-hybridized carbons (Fsp3) is 1.00. The second-order valence-electron chi connectivity index (χ2n) is 4.84. The summed E-state index contributed by atoms with van der Waals surface area (Å²) in [7, 11) is 6.60. The van der Waals surface area contributed by atoms with Crippen molar-refractivity contribution in [1.29, 1.82) is 0 Å². The normalized spacial score (nSPS) is 31.0. The van der Waals surface area contributed by atoms with E-state index in [1.54, 1.807) is 0 Å². The summed E-state index contributed by atoms with van der Waals surface area (Å²) in [5, 5.41) is 0. The quantitative estimate of drug-likeness (QED) is 0.587. The van der Waals surface area contributed by atoms with Crippen LogP contribution in [0, 0.1) is 0 Å². The van der Waals surface area contributed by atoms with E-state index < -0.39 is 0 Å². The molecule has 2 nitrogen and oxygen atoms in total. The average Bonchev–Trinajstić information content (AvgIpc) is 1.94. The number of hydrogen-bond acceptors (Lipinski definition) is 2. The lowest BCUT2D eigenvalue weighted by molar-refractivity contribution is 0.0539. The fourth-order valence-electron chi connectivity index (χ4n) is 1.92. The van der Waals surface area contributed by atoms with Gasteiger partial charge < -0.3 is 9.80 Å². The first-order valence-corrected chi connectivity index (χ1v) is 4.81. The Labute approximate surface area is 76.5 Å². The summed E-state index contributed by atoms with van der Waals surface area (Å²) < 4.78 is 0. The highest BCUT2D eigenvalue weighted by atomic mass is 15.2. The summed E-state index contributed by atoms with van der Waals surface area (Å²) in [6.45, 7) is 5.90. The molecule has 1 aliphatic rings. The first kappa shape index (κ1) is 10.0. The average molecular weight is 170 g/mol. The van der Waals surface area contributed by atoms with Crippen LogP contribution >= 0.6 is 0 Å². The maximum absolute atomic E-state index is 2.47. The molecule has 2 heteroatoms. The van der Waals surface area contributed by atoms with Crippen molar-refractivity contribution in [3.05, 3.63) is 0 Å². The van der Waals surface area contributed by atoms with E-state index >= 15 is 0 Å². The zero-order valence-corrected chi connectivity index (χ0v) is 9.09. The van der Waals surface area contributed by atoms with Crippen LogP contribution in [0.4, 0.5) is 0 Å². The van der Waals surface area contributed by atoms with Crippen LogP contribution in [0.2, 0.25) is 0 Å². The third-order valence-electron chi connectivity index (χ3n) is 3.30.